The lowest BCUT2D eigenvalue weighted by molar-refractivity contribution is 0.0997. The van der Waals surface area contributed by atoms with E-state index in [4.69, 9.17) is 5.73 Å². The van der Waals surface area contributed by atoms with Gasteiger partial charge in [-0.2, -0.15) is 5.10 Å². The van der Waals surface area contributed by atoms with Gasteiger partial charge in [-0.1, -0.05) is 36.4 Å². The molecule has 0 fully saturated rings. The molecule has 0 saturated heterocycles. The molecule has 1 unspecified atom stereocenters. The number of nitrogens with two attached hydrogens (primary N) is 1. The van der Waals surface area contributed by atoms with Gasteiger partial charge < -0.3 is 11.1 Å². The van der Waals surface area contributed by atoms with E-state index in [0.29, 0.717) is 22.2 Å². The van der Waals surface area contributed by atoms with Gasteiger partial charge in [0.2, 0.25) is 0 Å². The van der Waals surface area contributed by atoms with Gasteiger partial charge in [0, 0.05) is 11.4 Å². The number of hydrogen-bond acceptors (Lipinski definition) is 6. The normalized spacial score (nSPS) is 12.2. The summed E-state index contributed by atoms with van der Waals surface area (Å²) in [6.07, 6.45) is 1.36. The summed E-state index contributed by atoms with van der Waals surface area (Å²) in [5, 5.41) is 11.9. The Balaban J connectivity index is 1.71. The van der Waals surface area contributed by atoms with Crippen LogP contribution >= 0.6 is 0 Å². The number of rotatable bonds is 5. The Morgan fingerprint density at radius 1 is 1.09 bits per heavy atom. The first-order chi connectivity index (χ1) is 16.0. The maximum Gasteiger partial charge on any atom is 0.267 e. The number of pyridine rings is 1. The minimum absolute atomic E-state index is 0.102. The molecule has 9 heteroatoms. The van der Waals surface area contributed by atoms with Gasteiger partial charge in [0.25, 0.3) is 11.5 Å². The largest absolute Gasteiger partial charge is 0.364 e. The minimum Gasteiger partial charge on any atom is -0.364 e. The number of amides is 1. The molecule has 0 spiro atoms. The summed E-state index contributed by atoms with van der Waals surface area (Å²) in [5.74, 6) is -0.267. The maximum atomic E-state index is 13.7. The molecule has 4 N–H and O–H groups in total. The van der Waals surface area contributed by atoms with Gasteiger partial charge in [-0.05, 0) is 43.0 Å². The molecule has 9 nitrogen and oxygen atoms in total. The number of H-pyrrole nitrogens is 1. The van der Waals surface area contributed by atoms with Gasteiger partial charge in [0.1, 0.15) is 17.8 Å². The fourth-order valence-corrected chi connectivity index (χ4v) is 4.14. The highest BCUT2D eigenvalue weighted by atomic mass is 16.1. The highest BCUT2D eigenvalue weighted by Gasteiger charge is 2.21. The van der Waals surface area contributed by atoms with Crippen LogP contribution in [0.2, 0.25) is 0 Å². The van der Waals surface area contributed by atoms with Crippen LogP contribution in [0.3, 0.4) is 0 Å². The van der Waals surface area contributed by atoms with Crippen molar-refractivity contribution in [1.29, 1.82) is 0 Å². The number of carbonyl (C=O) groups excluding carboxylic acids is 1. The average molecular weight is 439 g/mol. The number of aryl methyl sites for hydroxylation is 1. The number of para-hydroxylation sites is 1. The van der Waals surface area contributed by atoms with Crippen molar-refractivity contribution in [2.24, 2.45) is 5.73 Å². The van der Waals surface area contributed by atoms with Crippen LogP contribution in [0.5, 0.6) is 0 Å². The monoisotopic (exact) mass is 439 g/mol. The van der Waals surface area contributed by atoms with Gasteiger partial charge >= 0.3 is 0 Å². The van der Waals surface area contributed by atoms with E-state index in [1.165, 1.54) is 6.33 Å². The summed E-state index contributed by atoms with van der Waals surface area (Å²) in [4.78, 5) is 34.0. The van der Waals surface area contributed by atoms with Crippen molar-refractivity contribution < 1.29 is 4.79 Å². The highest BCUT2D eigenvalue weighted by Crippen LogP contribution is 2.28. The van der Waals surface area contributed by atoms with E-state index in [2.05, 4.69) is 25.5 Å². The molecule has 3 aromatic heterocycles. The van der Waals surface area contributed by atoms with Crippen molar-refractivity contribution in [3.05, 3.63) is 88.2 Å². The van der Waals surface area contributed by atoms with Crippen molar-refractivity contribution in [1.82, 2.24) is 24.7 Å². The lowest BCUT2D eigenvalue weighted by atomic mass is 10.0. The van der Waals surface area contributed by atoms with Crippen LogP contribution < -0.4 is 16.6 Å². The van der Waals surface area contributed by atoms with Crippen molar-refractivity contribution in [3.8, 4) is 5.69 Å². The first-order valence-corrected chi connectivity index (χ1v) is 10.4. The lowest BCUT2D eigenvalue weighted by Gasteiger charge is -2.22. The molecule has 0 bridgehead atoms. The molecule has 1 amide bonds. The van der Waals surface area contributed by atoms with Crippen molar-refractivity contribution in [2.45, 2.75) is 19.9 Å². The number of nitrogens with zero attached hydrogens (tertiary/aromatic N) is 4. The van der Waals surface area contributed by atoms with Crippen molar-refractivity contribution >= 4 is 33.5 Å². The van der Waals surface area contributed by atoms with Gasteiger partial charge in [-0.3, -0.25) is 19.3 Å². The number of aromatic nitrogens is 5. The lowest BCUT2D eigenvalue weighted by Crippen LogP contribution is -2.26. The molecule has 1 atom stereocenters. The van der Waals surface area contributed by atoms with Crippen LogP contribution in [0.4, 0.5) is 5.82 Å². The first-order valence-electron chi connectivity index (χ1n) is 10.4. The van der Waals surface area contributed by atoms with Crippen molar-refractivity contribution in [2.75, 3.05) is 5.32 Å². The molecule has 2 aromatic carbocycles. The molecule has 0 aliphatic carbocycles. The average Bonchev–Trinajstić information content (AvgIpc) is 3.25. The SMILES string of the molecule is Cc1cccc2cc(C(C)Nc3ncnc4n[nH]c(C(N)=O)c34)n(-c3ccccc3)c(=O)c12. The molecule has 5 aromatic rings. The Bertz CT molecular complexity index is 1570. The zero-order valence-corrected chi connectivity index (χ0v) is 18.0. The molecule has 0 saturated carbocycles. The van der Waals surface area contributed by atoms with E-state index < -0.39 is 5.91 Å². The van der Waals surface area contributed by atoms with Gasteiger partial charge in [-0.25, -0.2) is 9.97 Å². The minimum atomic E-state index is -0.662. The van der Waals surface area contributed by atoms with Crippen LogP contribution in [-0.2, 0) is 0 Å². The van der Waals surface area contributed by atoms with E-state index in [0.717, 1.165) is 22.3 Å². The van der Waals surface area contributed by atoms with Crippen LogP contribution in [0, 0.1) is 6.92 Å². The predicted octanol–water partition coefficient (Wildman–Crippen LogP) is 3.24. The molecule has 0 aliphatic heterocycles. The summed E-state index contributed by atoms with van der Waals surface area (Å²) < 4.78 is 1.70. The topological polar surface area (TPSA) is 132 Å². The number of fused-ring (bicyclic) bond motifs is 2. The number of anilines is 1. The quantitative estimate of drug-likeness (QED) is 0.385. The van der Waals surface area contributed by atoms with Crippen LogP contribution in [0.25, 0.3) is 27.5 Å². The number of primary amides is 1. The Hall–Kier alpha value is -4.53. The smallest absolute Gasteiger partial charge is 0.267 e. The molecular formula is C24H21N7O2. The second-order valence-corrected chi connectivity index (χ2v) is 7.83. The standard InChI is InChI=1S/C24H21N7O2/c1-13-7-6-8-15-11-17(31(24(33)18(13)15)16-9-4-3-5-10-16)14(2)28-22-19-20(21(25)32)29-30-23(19)27-12-26-22/h3-12,14H,1-2H3,(H2,25,32)(H2,26,27,28,29,30). The summed E-state index contributed by atoms with van der Waals surface area (Å²) in [5.41, 5.74) is 8.24. The third-order valence-electron chi connectivity index (χ3n) is 5.69. The Morgan fingerprint density at radius 3 is 2.64 bits per heavy atom. The predicted molar refractivity (Wildman–Crippen MR) is 127 cm³/mol. The zero-order valence-electron chi connectivity index (χ0n) is 18.0. The Labute approximate surface area is 188 Å². The fourth-order valence-electron chi connectivity index (χ4n) is 4.14. The summed E-state index contributed by atoms with van der Waals surface area (Å²) in [6, 6.07) is 16.9. The third kappa shape index (κ3) is 3.39. The number of aromatic amines is 1. The second kappa shape index (κ2) is 7.86. The maximum absolute atomic E-state index is 13.7. The molecule has 3 heterocycles. The van der Waals surface area contributed by atoms with Crippen LogP contribution in [0.1, 0.15) is 34.7 Å². The van der Waals surface area contributed by atoms with Crippen LogP contribution in [-0.4, -0.2) is 30.6 Å². The molecule has 33 heavy (non-hydrogen) atoms. The summed E-state index contributed by atoms with van der Waals surface area (Å²) >= 11 is 0. The molecule has 164 valence electrons. The molecule has 5 rings (SSSR count). The Kier molecular flexibility index (Phi) is 4.86. The molecule has 0 aliphatic rings. The van der Waals surface area contributed by atoms with Crippen LogP contribution in [0.15, 0.2) is 65.7 Å². The van der Waals surface area contributed by atoms with E-state index in [1.807, 2.05) is 68.4 Å². The molecular weight excluding hydrogens is 418 g/mol. The third-order valence-corrected chi connectivity index (χ3v) is 5.69. The fraction of sp³-hybridized carbons (Fsp3) is 0.125. The summed E-state index contributed by atoms with van der Waals surface area (Å²) in [6.45, 7) is 3.86. The first kappa shape index (κ1) is 20.4. The van der Waals surface area contributed by atoms with Gasteiger partial charge in [0.05, 0.1) is 16.8 Å². The number of benzene rings is 2. The van der Waals surface area contributed by atoms with Gasteiger partial charge in [0.15, 0.2) is 5.65 Å². The van der Waals surface area contributed by atoms with E-state index >= 15 is 0 Å². The van der Waals surface area contributed by atoms with E-state index in [9.17, 15) is 9.59 Å². The van der Waals surface area contributed by atoms with E-state index in [-0.39, 0.29) is 17.3 Å². The van der Waals surface area contributed by atoms with E-state index in [1.54, 1.807) is 4.57 Å². The number of carbonyl (C=O) groups is 1. The highest BCUT2D eigenvalue weighted by molar-refractivity contribution is 6.07. The van der Waals surface area contributed by atoms with Gasteiger partial charge in [-0.15, -0.1) is 0 Å². The second-order valence-electron chi connectivity index (χ2n) is 7.83. The number of hydrogen-bond donors (Lipinski definition) is 3. The Morgan fingerprint density at radius 2 is 1.88 bits per heavy atom. The number of nitrogens with one attached hydrogen (secondary N) is 2. The molecule has 0 radical (unpaired) electrons. The zero-order chi connectivity index (χ0) is 23.1. The van der Waals surface area contributed by atoms with Crippen molar-refractivity contribution in [3.63, 3.8) is 0 Å². The summed E-state index contributed by atoms with van der Waals surface area (Å²) in [7, 11) is 0.